The predicted molar refractivity (Wildman–Crippen MR) is 76.7 cm³/mol. The minimum absolute atomic E-state index is 0.0187. The fourth-order valence-corrected chi connectivity index (χ4v) is 3.86. The van der Waals surface area contributed by atoms with E-state index in [1.807, 2.05) is 13.0 Å². The van der Waals surface area contributed by atoms with Crippen molar-refractivity contribution in [1.82, 2.24) is 14.9 Å². The molecule has 1 aromatic heterocycles. The second-order valence-corrected chi connectivity index (χ2v) is 6.27. The molecule has 2 N–H and O–H groups in total. The second-order valence-electron chi connectivity index (χ2n) is 6.27. The molecule has 0 spiro atoms. The smallest absolute Gasteiger partial charge is 0.150 e. The molecule has 4 heteroatoms. The number of likely N-dealkylation sites (tertiary alicyclic amines) is 1. The van der Waals surface area contributed by atoms with Crippen molar-refractivity contribution in [3.8, 4) is 0 Å². The predicted octanol–water partition coefficient (Wildman–Crippen LogP) is 2.62. The highest BCUT2D eigenvalue weighted by Gasteiger charge is 2.44. The SMILES string of the molecule is Cc1cc(N)nc([C@]2(C)CCCN2C2CCCC2)n1. The van der Waals surface area contributed by atoms with E-state index < -0.39 is 0 Å². The summed E-state index contributed by atoms with van der Waals surface area (Å²) in [6.45, 7) is 5.48. The fourth-order valence-electron chi connectivity index (χ4n) is 3.86. The minimum atomic E-state index is -0.0187. The van der Waals surface area contributed by atoms with E-state index in [1.165, 1.54) is 38.6 Å². The summed E-state index contributed by atoms with van der Waals surface area (Å²) in [6.07, 6.45) is 7.78. The van der Waals surface area contributed by atoms with E-state index in [2.05, 4.69) is 21.8 Å². The molecule has 1 atom stereocenters. The number of nitrogen functional groups attached to an aromatic ring is 1. The Hall–Kier alpha value is -1.16. The highest BCUT2D eigenvalue weighted by atomic mass is 15.3. The standard InChI is InChI=1S/C15H24N4/c1-11-10-13(16)18-14(17-11)15(2)8-5-9-19(15)12-6-3-4-7-12/h10,12H,3-9H2,1-2H3,(H2,16,17,18)/t15-/m0/s1. The number of hydrogen-bond acceptors (Lipinski definition) is 4. The molecule has 1 aliphatic carbocycles. The number of aryl methyl sites for hydroxylation is 1. The summed E-state index contributed by atoms with van der Waals surface area (Å²) < 4.78 is 0. The van der Waals surface area contributed by atoms with Crippen LogP contribution in [0, 0.1) is 6.92 Å². The zero-order valence-electron chi connectivity index (χ0n) is 12.0. The first-order chi connectivity index (χ1) is 9.09. The van der Waals surface area contributed by atoms with Crippen LogP contribution in [0.3, 0.4) is 0 Å². The molecule has 3 rings (SSSR count). The first-order valence-corrected chi connectivity index (χ1v) is 7.48. The van der Waals surface area contributed by atoms with Crippen LogP contribution in [0.1, 0.15) is 57.0 Å². The molecule has 1 aliphatic heterocycles. The van der Waals surface area contributed by atoms with Crippen LogP contribution in [0.15, 0.2) is 6.07 Å². The molecule has 19 heavy (non-hydrogen) atoms. The summed E-state index contributed by atoms with van der Waals surface area (Å²) in [5.74, 6) is 1.52. The molecule has 1 aromatic rings. The lowest BCUT2D eigenvalue weighted by Crippen LogP contribution is -2.45. The van der Waals surface area contributed by atoms with Gasteiger partial charge in [-0.2, -0.15) is 0 Å². The maximum absolute atomic E-state index is 5.92. The maximum Gasteiger partial charge on any atom is 0.150 e. The summed E-state index contributed by atoms with van der Waals surface area (Å²) in [4.78, 5) is 11.9. The Balaban J connectivity index is 1.95. The number of aromatic nitrogens is 2. The van der Waals surface area contributed by atoms with Gasteiger partial charge >= 0.3 is 0 Å². The van der Waals surface area contributed by atoms with Crippen molar-refractivity contribution < 1.29 is 0 Å². The summed E-state index contributed by atoms with van der Waals surface area (Å²) in [7, 11) is 0. The molecular weight excluding hydrogens is 236 g/mol. The van der Waals surface area contributed by atoms with Crippen LogP contribution in [0.25, 0.3) is 0 Å². The quantitative estimate of drug-likeness (QED) is 0.888. The highest BCUT2D eigenvalue weighted by molar-refractivity contribution is 5.31. The second kappa shape index (κ2) is 4.75. The summed E-state index contributed by atoms with van der Waals surface area (Å²) >= 11 is 0. The summed E-state index contributed by atoms with van der Waals surface area (Å²) in [5, 5.41) is 0. The molecule has 4 nitrogen and oxygen atoms in total. The third-order valence-electron chi connectivity index (χ3n) is 4.82. The monoisotopic (exact) mass is 260 g/mol. The van der Waals surface area contributed by atoms with Crippen LogP contribution < -0.4 is 5.73 Å². The first-order valence-electron chi connectivity index (χ1n) is 7.48. The van der Waals surface area contributed by atoms with Gasteiger partial charge in [-0.05, 0) is 46.1 Å². The number of hydrogen-bond donors (Lipinski definition) is 1. The van der Waals surface area contributed by atoms with Crippen LogP contribution in [0.4, 0.5) is 5.82 Å². The van der Waals surface area contributed by atoms with Crippen LogP contribution in [0.2, 0.25) is 0 Å². The molecule has 0 aromatic carbocycles. The third kappa shape index (κ3) is 2.22. The Labute approximate surface area is 115 Å². The number of nitrogens with two attached hydrogens (primary N) is 1. The lowest BCUT2D eigenvalue weighted by atomic mass is 9.95. The average molecular weight is 260 g/mol. The maximum atomic E-state index is 5.92. The fraction of sp³-hybridized carbons (Fsp3) is 0.733. The normalized spacial score (nSPS) is 29.2. The van der Waals surface area contributed by atoms with Gasteiger partial charge < -0.3 is 5.73 Å². The van der Waals surface area contributed by atoms with E-state index in [0.717, 1.165) is 24.0 Å². The average Bonchev–Trinajstić information content (AvgIpc) is 2.96. The zero-order chi connectivity index (χ0) is 13.5. The van der Waals surface area contributed by atoms with Crippen molar-refractivity contribution in [2.24, 2.45) is 0 Å². The molecule has 2 heterocycles. The lowest BCUT2D eigenvalue weighted by molar-refractivity contribution is 0.0937. The van der Waals surface area contributed by atoms with Gasteiger partial charge in [0, 0.05) is 17.8 Å². The molecular formula is C15H24N4. The lowest BCUT2D eigenvalue weighted by Gasteiger charge is -2.38. The molecule has 2 aliphatic rings. The molecule has 2 fully saturated rings. The Morgan fingerprint density at radius 1 is 1.26 bits per heavy atom. The van der Waals surface area contributed by atoms with Crippen LogP contribution in [-0.4, -0.2) is 27.5 Å². The van der Waals surface area contributed by atoms with Gasteiger partial charge in [0.05, 0.1) is 5.54 Å². The largest absolute Gasteiger partial charge is 0.384 e. The van der Waals surface area contributed by atoms with E-state index in [-0.39, 0.29) is 5.54 Å². The number of nitrogens with zero attached hydrogens (tertiary/aromatic N) is 3. The van der Waals surface area contributed by atoms with E-state index in [9.17, 15) is 0 Å². The molecule has 104 valence electrons. The van der Waals surface area contributed by atoms with Crippen LogP contribution >= 0.6 is 0 Å². The first kappa shape index (κ1) is 12.9. The van der Waals surface area contributed by atoms with Gasteiger partial charge in [0.25, 0.3) is 0 Å². The van der Waals surface area contributed by atoms with Gasteiger partial charge in [-0.3, -0.25) is 4.90 Å². The topological polar surface area (TPSA) is 55.0 Å². The molecule has 0 bridgehead atoms. The summed E-state index contributed by atoms with van der Waals surface area (Å²) in [6, 6.07) is 2.57. The Morgan fingerprint density at radius 2 is 2.00 bits per heavy atom. The van der Waals surface area contributed by atoms with Crippen molar-refractivity contribution in [1.29, 1.82) is 0 Å². The molecule has 1 saturated carbocycles. The zero-order valence-corrected chi connectivity index (χ0v) is 12.0. The van der Waals surface area contributed by atoms with Crippen molar-refractivity contribution >= 4 is 5.82 Å². The van der Waals surface area contributed by atoms with Crippen molar-refractivity contribution in [2.45, 2.75) is 64.0 Å². The minimum Gasteiger partial charge on any atom is -0.384 e. The van der Waals surface area contributed by atoms with Gasteiger partial charge in [-0.25, -0.2) is 9.97 Å². The Bertz CT molecular complexity index is 447. The van der Waals surface area contributed by atoms with E-state index in [1.54, 1.807) is 0 Å². The van der Waals surface area contributed by atoms with Crippen LogP contribution in [0.5, 0.6) is 0 Å². The molecule has 0 unspecified atom stereocenters. The number of rotatable bonds is 2. The van der Waals surface area contributed by atoms with Crippen molar-refractivity contribution in [2.75, 3.05) is 12.3 Å². The summed E-state index contributed by atoms with van der Waals surface area (Å²) in [5.41, 5.74) is 6.87. The van der Waals surface area contributed by atoms with E-state index >= 15 is 0 Å². The van der Waals surface area contributed by atoms with Gasteiger partial charge in [0.15, 0.2) is 5.82 Å². The van der Waals surface area contributed by atoms with Gasteiger partial charge in [-0.1, -0.05) is 12.8 Å². The molecule has 1 saturated heterocycles. The van der Waals surface area contributed by atoms with Crippen LogP contribution in [-0.2, 0) is 5.54 Å². The van der Waals surface area contributed by atoms with Gasteiger partial charge in [0.2, 0.25) is 0 Å². The van der Waals surface area contributed by atoms with Gasteiger partial charge in [0.1, 0.15) is 5.82 Å². The van der Waals surface area contributed by atoms with E-state index in [0.29, 0.717) is 5.82 Å². The molecule has 0 amide bonds. The van der Waals surface area contributed by atoms with Crippen molar-refractivity contribution in [3.05, 3.63) is 17.6 Å². The number of anilines is 1. The van der Waals surface area contributed by atoms with Gasteiger partial charge in [-0.15, -0.1) is 0 Å². The Kier molecular flexibility index (Phi) is 3.21. The highest BCUT2D eigenvalue weighted by Crippen LogP contribution is 2.41. The Morgan fingerprint density at radius 3 is 2.68 bits per heavy atom. The molecule has 0 radical (unpaired) electrons. The van der Waals surface area contributed by atoms with E-state index in [4.69, 9.17) is 5.73 Å². The van der Waals surface area contributed by atoms with Crippen molar-refractivity contribution in [3.63, 3.8) is 0 Å². The third-order valence-corrected chi connectivity index (χ3v) is 4.82.